The highest BCUT2D eigenvalue weighted by atomic mass is 19.1. The van der Waals surface area contributed by atoms with Crippen molar-refractivity contribution in [3.8, 4) is 5.69 Å². The maximum atomic E-state index is 13.1. The molecule has 2 heterocycles. The maximum Gasteiger partial charge on any atom is 0.259 e. The van der Waals surface area contributed by atoms with Crippen molar-refractivity contribution < 1.29 is 9.18 Å². The second-order valence-electron chi connectivity index (χ2n) is 6.00. The highest BCUT2D eigenvalue weighted by Gasteiger charge is 2.17. The summed E-state index contributed by atoms with van der Waals surface area (Å²) in [6.07, 6.45) is 3.75. The predicted molar refractivity (Wildman–Crippen MR) is 99.4 cm³/mol. The van der Waals surface area contributed by atoms with Crippen molar-refractivity contribution in [1.82, 2.24) is 14.8 Å². The van der Waals surface area contributed by atoms with Gasteiger partial charge >= 0.3 is 0 Å². The van der Waals surface area contributed by atoms with Gasteiger partial charge < -0.3 is 10.2 Å². The normalized spacial score (nSPS) is 10.6. The third-order valence-electron chi connectivity index (χ3n) is 3.98. The van der Waals surface area contributed by atoms with E-state index in [4.69, 9.17) is 0 Å². The average molecular weight is 353 g/mol. The Kier molecular flexibility index (Phi) is 4.97. The fraction of sp³-hybridized carbons (Fsp3) is 0.211. The van der Waals surface area contributed by atoms with Crippen molar-refractivity contribution in [2.75, 3.05) is 24.3 Å². The minimum Gasteiger partial charge on any atom is -0.363 e. The molecule has 6 nitrogen and oxygen atoms in total. The number of anilines is 2. The van der Waals surface area contributed by atoms with Crippen LogP contribution >= 0.6 is 0 Å². The van der Waals surface area contributed by atoms with Crippen molar-refractivity contribution in [2.45, 2.75) is 13.3 Å². The van der Waals surface area contributed by atoms with Crippen LogP contribution in [0.5, 0.6) is 0 Å². The number of carbonyl (C=O) groups excluding carboxylic acids is 1. The predicted octanol–water partition coefficient (Wildman–Crippen LogP) is 3.29. The summed E-state index contributed by atoms with van der Waals surface area (Å²) in [6, 6.07) is 9.64. The van der Waals surface area contributed by atoms with Crippen LogP contribution in [0.1, 0.15) is 23.0 Å². The maximum absolute atomic E-state index is 13.1. The summed E-state index contributed by atoms with van der Waals surface area (Å²) in [5.74, 6) is 0.238. The van der Waals surface area contributed by atoms with Crippen LogP contribution in [-0.2, 0) is 6.42 Å². The summed E-state index contributed by atoms with van der Waals surface area (Å²) in [6.45, 7) is 1.95. The van der Waals surface area contributed by atoms with Gasteiger partial charge in [0.1, 0.15) is 11.6 Å². The largest absolute Gasteiger partial charge is 0.363 e. The Morgan fingerprint density at radius 2 is 1.88 bits per heavy atom. The van der Waals surface area contributed by atoms with Crippen molar-refractivity contribution >= 4 is 17.4 Å². The lowest BCUT2D eigenvalue weighted by molar-refractivity contribution is 0.102. The van der Waals surface area contributed by atoms with E-state index in [1.54, 1.807) is 29.1 Å². The zero-order chi connectivity index (χ0) is 18.7. The van der Waals surface area contributed by atoms with E-state index >= 15 is 0 Å². The van der Waals surface area contributed by atoms with Gasteiger partial charge in [0.15, 0.2) is 0 Å². The molecule has 0 aliphatic rings. The number of nitrogens with zero attached hydrogens (tertiary/aromatic N) is 4. The summed E-state index contributed by atoms with van der Waals surface area (Å²) in [5, 5.41) is 7.14. The van der Waals surface area contributed by atoms with Gasteiger partial charge in [0, 0.05) is 14.1 Å². The SMILES string of the molecule is CCc1c(C(=O)Nc2ccc(N(C)C)nc2)cnn1-c1ccc(F)cc1. The van der Waals surface area contributed by atoms with Gasteiger partial charge in [-0.3, -0.25) is 4.79 Å². The lowest BCUT2D eigenvalue weighted by Crippen LogP contribution is -2.15. The van der Waals surface area contributed by atoms with E-state index in [0.717, 1.165) is 11.5 Å². The molecule has 0 aliphatic carbocycles. The first kappa shape index (κ1) is 17.6. The summed E-state index contributed by atoms with van der Waals surface area (Å²) in [7, 11) is 3.80. The summed E-state index contributed by atoms with van der Waals surface area (Å²) in [4.78, 5) is 18.8. The summed E-state index contributed by atoms with van der Waals surface area (Å²) in [5.41, 5.74) is 2.55. The topological polar surface area (TPSA) is 63.1 Å². The molecule has 1 aromatic carbocycles. The Balaban J connectivity index is 1.84. The van der Waals surface area contributed by atoms with Crippen LogP contribution in [0, 0.1) is 5.82 Å². The number of amides is 1. The van der Waals surface area contributed by atoms with E-state index in [1.165, 1.54) is 18.3 Å². The van der Waals surface area contributed by atoms with Crippen molar-refractivity contribution in [2.24, 2.45) is 0 Å². The van der Waals surface area contributed by atoms with Crippen LogP contribution < -0.4 is 10.2 Å². The number of aromatic nitrogens is 3. The van der Waals surface area contributed by atoms with Gasteiger partial charge in [0.2, 0.25) is 0 Å². The molecule has 0 saturated carbocycles. The zero-order valence-electron chi connectivity index (χ0n) is 14.9. The van der Waals surface area contributed by atoms with Crippen molar-refractivity contribution in [3.05, 3.63) is 65.9 Å². The number of benzene rings is 1. The summed E-state index contributed by atoms with van der Waals surface area (Å²) < 4.78 is 14.8. The van der Waals surface area contributed by atoms with E-state index in [9.17, 15) is 9.18 Å². The van der Waals surface area contributed by atoms with Crippen LogP contribution in [0.15, 0.2) is 48.8 Å². The minimum atomic E-state index is -0.314. The van der Waals surface area contributed by atoms with Crippen LogP contribution in [0.3, 0.4) is 0 Å². The second kappa shape index (κ2) is 7.35. The molecule has 7 heteroatoms. The molecule has 0 radical (unpaired) electrons. The fourth-order valence-electron chi connectivity index (χ4n) is 2.63. The second-order valence-corrected chi connectivity index (χ2v) is 6.00. The third-order valence-corrected chi connectivity index (χ3v) is 3.98. The third kappa shape index (κ3) is 3.56. The van der Waals surface area contributed by atoms with Gasteiger partial charge in [0.05, 0.1) is 35.0 Å². The number of pyridine rings is 1. The first-order chi connectivity index (χ1) is 12.5. The zero-order valence-corrected chi connectivity index (χ0v) is 14.9. The molecule has 3 aromatic rings. The van der Waals surface area contributed by atoms with Crippen LogP contribution in [-0.4, -0.2) is 34.8 Å². The fourth-order valence-corrected chi connectivity index (χ4v) is 2.63. The molecule has 0 spiro atoms. The monoisotopic (exact) mass is 353 g/mol. The number of halogens is 1. The number of carbonyl (C=O) groups is 1. The van der Waals surface area contributed by atoms with Gasteiger partial charge in [-0.25, -0.2) is 14.1 Å². The quantitative estimate of drug-likeness (QED) is 0.765. The molecule has 3 rings (SSSR count). The number of rotatable bonds is 5. The van der Waals surface area contributed by atoms with Gasteiger partial charge in [-0.2, -0.15) is 5.10 Å². The summed E-state index contributed by atoms with van der Waals surface area (Å²) >= 11 is 0. The molecule has 1 N–H and O–H groups in total. The molecule has 0 bridgehead atoms. The van der Waals surface area contributed by atoms with Crippen LogP contribution in [0.2, 0.25) is 0 Å². The lowest BCUT2D eigenvalue weighted by atomic mass is 10.2. The average Bonchev–Trinajstić information content (AvgIpc) is 3.07. The first-order valence-electron chi connectivity index (χ1n) is 8.27. The van der Waals surface area contributed by atoms with Crippen molar-refractivity contribution in [1.29, 1.82) is 0 Å². The molecule has 26 heavy (non-hydrogen) atoms. The molecule has 1 amide bonds. The Morgan fingerprint density at radius 3 is 2.46 bits per heavy atom. The highest BCUT2D eigenvalue weighted by molar-refractivity contribution is 6.05. The molecule has 0 atom stereocenters. The molecule has 2 aromatic heterocycles. The standard InChI is InChI=1S/C19H20FN5O/c1-4-17-16(12-22-25(17)15-8-5-13(20)6-9-15)19(26)23-14-7-10-18(21-11-14)24(2)3/h5-12H,4H2,1-3H3,(H,23,26). The molecular weight excluding hydrogens is 333 g/mol. The number of hydrogen-bond donors (Lipinski definition) is 1. The smallest absolute Gasteiger partial charge is 0.259 e. The van der Waals surface area contributed by atoms with E-state index in [2.05, 4.69) is 15.4 Å². The van der Waals surface area contributed by atoms with E-state index < -0.39 is 0 Å². The van der Waals surface area contributed by atoms with Gasteiger partial charge in [0.25, 0.3) is 5.91 Å². The molecule has 134 valence electrons. The molecule has 0 saturated heterocycles. The molecule has 0 aliphatic heterocycles. The molecular formula is C19H20FN5O. The van der Waals surface area contributed by atoms with Crippen molar-refractivity contribution in [3.63, 3.8) is 0 Å². The Bertz CT molecular complexity index is 901. The Labute approximate surface area is 151 Å². The highest BCUT2D eigenvalue weighted by Crippen LogP contribution is 2.18. The van der Waals surface area contributed by atoms with Crippen LogP contribution in [0.4, 0.5) is 15.9 Å². The van der Waals surface area contributed by atoms with E-state index in [-0.39, 0.29) is 11.7 Å². The molecule has 0 unspecified atom stereocenters. The Hall–Kier alpha value is -3.22. The Morgan fingerprint density at radius 1 is 1.15 bits per heavy atom. The van der Waals surface area contributed by atoms with Crippen LogP contribution in [0.25, 0.3) is 5.69 Å². The van der Waals surface area contributed by atoms with Gasteiger partial charge in [-0.15, -0.1) is 0 Å². The first-order valence-corrected chi connectivity index (χ1v) is 8.27. The molecule has 0 fully saturated rings. The minimum absolute atomic E-state index is 0.255. The number of hydrogen-bond acceptors (Lipinski definition) is 4. The van der Waals surface area contributed by atoms with Gasteiger partial charge in [-0.05, 0) is 42.8 Å². The lowest BCUT2D eigenvalue weighted by Gasteiger charge is -2.12. The van der Waals surface area contributed by atoms with Gasteiger partial charge in [-0.1, -0.05) is 6.92 Å². The number of nitrogens with one attached hydrogen (secondary N) is 1. The van der Waals surface area contributed by atoms with E-state index in [1.807, 2.05) is 32.0 Å². The van der Waals surface area contributed by atoms with E-state index in [0.29, 0.717) is 23.4 Å².